The van der Waals surface area contributed by atoms with Gasteiger partial charge in [0.1, 0.15) is 0 Å². The summed E-state index contributed by atoms with van der Waals surface area (Å²) in [5.74, 6) is -1.22. The Bertz CT molecular complexity index is 1040. The van der Waals surface area contributed by atoms with Gasteiger partial charge in [-0.2, -0.15) is 5.10 Å². The molecule has 0 fully saturated rings. The summed E-state index contributed by atoms with van der Waals surface area (Å²) in [6.45, 7) is 2.29. The molecule has 3 rings (SSSR count). The topological polar surface area (TPSA) is 106 Å². The summed E-state index contributed by atoms with van der Waals surface area (Å²) < 4.78 is 6.76. The van der Waals surface area contributed by atoms with Crippen LogP contribution in [0.15, 0.2) is 50.3 Å². The summed E-state index contributed by atoms with van der Waals surface area (Å²) in [7, 11) is 0. The molecule has 3 aromatic rings. The van der Waals surface area contributed by atoms with Gasteiger partial charge in [-0.25, -0.2) is 4.68 Å². The van der Waals surface area contributed by atoms with Crippen molar-refractivity contribution in [2.45, 2.75) is 19.9 Å². The number of hydrogen-bond acceptors (Lipinski definition) is 5. The highest BCUT2D eigenvalue weighted by molar-refractivity contribution is 9.10. The number of furan rings is 1. The lowest BCUT2D eigenvalue weighted by Crippen LogP contribution is -2.42. The third kappa shape index (κ3) is 3.52. The maximum Gasteiger partial charge on any atom is 0.305 e. The number of aromatic nitrogens is 2. The lowest BCUT2D eigenvalue weighted by atomic mass is 10.1. The zero-order chi connectivity index (χ0) is 18.7. The molecule has 1 aromatic carbocycles. The lowest BCUT2D eigenvalue weighted by molar-refractivity contribution is 0.0827. The Morgan fingerprint density at radius 1 is 1.12 bits per heavy atom. The predicted octanol–water partition coefficient (Wildman–Crippen LogP) is 2.24. The van der Waals surface area contributed by atoms with E-state index in [1.165, 1.54) is 10.7 Å². The zero-order valence-corrected chi connectivity index (χ0v) is 15.4. The summed E-state index contributed by atoms with van der Waals surface area (Å²) in [5, 5.41) is 4.96. The molecule has 9 heteroatoms. The molecule has 0 radical (unpaired) electrons. The largest absolute Gasteiger partial charge is 0.444 e. The number of amides is 2. The van der Waals surface area contributed by atoms with E-state index < -0.39 is 11.8 Å². The third-order valence-electron chi connectivity index (χ3n) is 3.60. The number of hydrogen-bond donors (Lipinski definition) is 2. The van der Waals surface area contributed by atoms with Crippen LogP contribution in [0, 0.1) is 0 Å². The molecule has 0 aliphatic rings. The van der Waals surface area contributed by atoms with Crippen LogP contribution in [-0.2, 0) is 6.54 Å². The van der Waals surface area contributed by atoms with Gasteiger partial charge in [0.15, 0.2) is 16.1 Å². The van der Waals surface area contributed by atoms with Crippen LogP contribution < -0.4 is 16.4 Å². The van der Waals surface area contributed by atoms with E-state index in [1.807, 2.05) is 6.92 Å². The molecule has 0 saturated heterocycles. The van der Waals surface area contributed by atoms with Crippen molar-refractivity contribution in [1.82, 2.24) is 20.6 Å². The van der Waals surface area contributed by atoms with Crippen molar-refractivity contribution in [2.24, 2.45) is 0 Å². The predicted molar refractivity (Wildman–Crippen MR) is 97.6 cm³/mol. The fraction of sp³-hybridized carbons (Fsp3) is 0.176. The van der Waals surface area contributed by atoms with Crippen LogP contribution in [0.1, 0.15) is 34.4 Å². The molecule has 2 amide bonds. The summed E-state index contributed by atoms with van der Waals surface area (Å²) in [6.07, 6.45) is 0.691. The van der Waals surface area contributed by atoms with Crippen molar-refractivity contribution < 1.29 is 14.0 Å². The number of rotatable bonds is 4. The van der Waals surface area contributed by atoms with Crippen molar-refractivity contribution in [3.8, 4) is 0 Å². The number of aryl methyl sites for hydroxylation is 1. The number of nitrogens with one attached hydrogen (secondary N) is 2. The molecule has 8 nitrogen and oxygen atoms in total. The van der Waals surface area contributed by atoms with E-state index in [4.69, 9.17) is 4.42 Å². The molecule has 0 saturated carbocycles. The Balaban J connectivity index is 1.89. The minimum Gasteiger partial charge on any atom is -0.444 e. The van der Waals surface area contributed by atoms with Crippen LogP contribution in [0.5, 0.6) is 0 Å². The molecular formula is C17H15BrN4O4. The number of hydrazine groups is 1. The minimum absolute atomic E-state index is 0.0333. The molecule has 0 aliphatic carbocycles. The summed E-state index contributed by atoms with van der Waals surface area (Å²) in [4.78, 5) is 36.9. The van der Waals surface area contributed by atoms with Gasteiger partial charge in [-0.1, -0.05) is 25.1 Å². The minimum atomic E-state index is -0.634. The second kappa shape index (κ2) is 7.52. The fourth-order valence-electron chi connectivity index (χ4n) is 2.44. The number of halogens is 1. The zero-order valence-electron chi connectivity index (χ0n) is 13.8. The molecule has 0 atom stereocenters. The smallest absolute Gasteiger partial charge is 0.305 e. The van der Waals surface area contributed by atoms with E-state index in [9.17, 15) is 14.4 Å². The molecule has 2 N–H and O–H groups in total. The van der Waals surface area contributed by atoms with E-state index in [-0.39, 0.29) is 17.0 Å². The van der Waals surface area contributed by atoms with E-state index >= 15 is 0 Å². The second-order valence-corrected chi connectivity index (χ2v) is 6.22. The first-order chi connectivity index (χ1) is 12.5. The Labute approximate surface area is 156 Å². The van der Waals surface area contributed by atoms with Gasteiger partial charge in [-0.3, -0.25) is 25.2 Å². The molecule has 0 bridgehead atoms. The maximum atomic E-state index is 12.5. The number of benzene rings is 1. The van der Waals surface area contributed by atoms with E-state index in [0.717, 1.165) is 0 Å². The standard InChI is InChI=1S/C17H15BrN4O4/c1-2-9-22-17(25)11-6-4-3-5-10(11)14(21-22)16(24)20-19-15(23)12-7-8-13(18)26-12/h3-8H,2,9H2,1H3,(H,19,23)(H,20,24). The highest BCUT2D eigenvalue weighted by atomic mass is 79.9. The molecule has 0 aliphatic heterocycles. The SMILES string of the molecule is CCCn1nc(C(=O)NNC(=O)c2ccc(Br)o2)c2ccccc2c1=O. The normalized spacial score (nSPS) is 10.7. The summed E-state index contributed by atoms with van der Waals surface area (Å²) in [5.41, 5.74) is 4.35. The van der Waals surface area contributed by atoms with Gasteiger partial charge < -0.3 is 4.42 Å². The van der Waals surface area contributed by atoms with Gasteiger partial charge >= 0.3 is 5.91 Å². The number of fused-ring (bicyclic) bond motifs is 1. The highest BCUT2D eigenvalue weighted by Gasteiger charge is 2.18. The Kier molecular flexibility index (Phi) is 5.17. The molecule has 26 heavy (non-hydrogen) atoms. The van der Waals surface area contributed by atoms with Gasteiger partial charge in [0, 0.05) is 11.9 Å². The molecule has 2 aromatic heterocycles. The van der Waals surface area contributed by atoms with Gasteiger partial charge in [-0.15, -0.1) is 0 Å². The number of carbonyl (C=O) groups is 2. The molecule has 0 unspecified atom stereocenters. The van der Waals surface area contributed by atoms with Gasteiger partial charge in [-0.05, 0) is 40.5 Å². The average molecular weight is 419 g/mol. The first-order valence-electron chi connectivity index (χ1n) is 7.87. The molecular weight excluding hydrogens is 404 g/mol. The van der Waals surface area contributed by atoms with Crippen LogP contribution in [0.3, 0.4) is 0 Å². The van der Waals surface area contributed by atoms with Crippen molar-refractivity contribution in [2.75, 3.05) is 0 Å². The number of carbonyl (C=O) groups excluding carboxylic acids is 2. The summed E-state index contributed by atoms with van der Waals surface area (Å²) >= 11 is 3.10. The van der Waals surface area contributed by atoms with Crippen LogP contribution in [0.25, 0.3) is 10.8 Å². The lowest BCUT2D eigenvalue weighted by Gasteiger charge is -2.11. The monoisotopic (exact) mass is 418 g/mol. The van der Waals surface area contributed by atoms with Gasteiger partial charge in [0.25, 0.3) is 11.5 Å². The average Bonchev–Trinajstić information content (AvgIpc) is 3.08. The Morgan fingerprint density at radius 3 is 2.46 bits per heavy atom. The van der Waals surface area contributed by atoms with Crippen molar-refractivity contribution in [3.05, 3.63) is 62.9 Å². The Hall–Kier alpha value is -2.94. The molecule has 2 heterocycles. The van der Waals surface area contributed by atoms with E-state index in [0.29, 0.717) is 28.4 Å². The maximum absolute atomic E-state index is 12.5. The summed E-state index contributed by atoms with van der Waals surface area (Å²) in [6, 6.07) is 9.73. The second-order valence-electron chi connectivity index (χ2n) is 5.43. The van der Waals surface area contributed by atoms with Crippen LogP contribution >= 0.6 is 15.9 Å². The highest BCUT2D eigenvalue weighted by Crippen LogP contribution is 2.14. The van der Waals surface area contributed by atoms with E-state index in [2.05, 4.69) is 31.9 Å². The van der Waals surface area contributed by atoms with E-state index in [1.54, 1.807) is 30.3 Å². The van der Waals surface area contributed by atoms with Crippen LogP contribution in [0.4, 0.5) is 0 Å². The first-order valence-corrected chi connectivity index (χ1v) is 8.66. The van der Waals surface area contributed by atoms with Crippen LogP contribution in [0.2, 0.25) is 0 Å². The van der Waals surface area contributed by atoms with Crippen LogP contribution in [-0.4, -0.2) is 21.6 Å². The van der Waals surface area contributed by atoms with Crippen molar-refractivity contribution in [1.29, 1.82) is 0 Å². The fourth-order valence-corrected chi connectivity index (χ4v) is 2.74. The van der Waals surface area contributed by atoms with Gasteiger partial charge in [0.05, 0.1) is 5.39 Å². The number of nitrogens with zero attached hydrogens (tertiary/aromatic N) is 2. The molecule has 134 valence electrons. The Morgan fingerprint density at radius 2 is 1.81 bits per heavy atom. The quantitative estimate of drug-likeness (QED) is 0.631. The van der Waals surface area contributed by atoms with Crippen molar-refractivity contribution in [3.63, 3.8) is 0 Å². The van der Waals surface area contributed by atoms with Crippen molar-refractivity contribution >= 4 is 38.5 Å². The molecule has 0 spiro atoms. The third-order valence-corrected chi connectivity index (χ3v) is 4.03. The van der Waals surface area contributed by atoms with Gasteiger partial charge in [0.2, 0.25) is 0 Å². The first kappa shape index (κ1) is 17.9.